The smallest absolute Gasteiger partial charge is 0.341 e. The van der Waals surface area contributed by atoms with Crippen LogP contribution in [-0.2, 0) is 14.3 Å². The van der Waals surface area contributed by atoms with Gasteiger partial charge in [-0.1, -0.05) is 0 Å². The fourth-order valence-electron chi connectivity index (χ4n) is 3.32. The van der Waals surface area contributed by atoms with Crippen molar-refractivity contribution < 1.29 is 28.6 Å². The minimum atomic E-state index is -0.521. The van der Waals surface area contributed by atoms with Crippen LogP contribution in [0, 0.1) is 5.92 Å². The molecule has 0 saturated carbocycles. The molecule has 0 radical (unpaired) electrons. The Morgan fingerprint density at radius 1 is 1.24 bits per heavy atom. The van der Waals surface area contributed by atoms with Crippen molar-refractivity contribution in [1.82, 2.24) is 0 Å². The van der Waals surface area contributed by atoms with Crippen molar-refractivity contribution in [3.63, 3.8) is 0 Å². The highest BCUT2D eigenvalue weighted by Gasteiger charge is 2.36. The highest BCUT2D eigenvalue weighted by molar-refractivity contribution is 7.14. The van der Waals surface area contributed by atoms with Crippen LogP contribution in [0.25, 0.3) is 0 Å². The molecule has 1 saturated heterocycles. The quantitative estimate of drug-likeness (QED) is 0.754. The zero-order valence-electron chi connectivity index (χ0n) is 15.8. The molecule has 3 heterocycles. The second-order valence-electron chi connectivity index (χ2n) is 6.61. The predicted octanol–water partition coefficient (Wildman–Crippen LogP) is 2.69. The molecule has 2 aliphatic heterocycles. The lowest BCUT2D eigenvalue weighted by Crippen LogP contribution is -2.28. The van der Waals surface area contributed by atoms with E-state index >= 15 is 0 Å². The number of thiophene rings is 1. The number of ether oxygens (including phenoxy) is 3. The second-order valence-corrected chi connectivity index (χ2v) is 7.52. The highest BCUT2D eigenvalue weighted by Crippen LogP contribution is 2.36. The summed E-state index contributed by atoms with van der Waals surface area (Å²) in [6.07, 6.45) is 0.0976. The predicted molar refractivity (Wildman–Crippen MR) is 107 cm³/mol. The Balaban J connectivity index is 1.45. The summed E-state index contributed by atoms with van der Waals surface area (Å²) in [6, 6.07) is 6.91. The van der Waals surface area contributed by atoms with Gasteiger partial charge in [-0.25, -0.2) is 4.79 Å². The van der Waals surface area contributed by atoms with Gasteiger partial charge in [-0.3, -0.25) is 9.59 Å². The van der Waals surface area contributed by atoms with Gasteiger partial charge in [0.05, 0.1) is 18.1 Å². The molecule has 0 bridgehead atoms. The molecule has 1 atom stereocenters. The lowest BCUT2D eigenvalue weighted by molar-refractivity contribution is -0.122. The fourth-order valence-corrected chi connectivity index (χ4v) is 4.10. The van der Waals surface area contributed by atoms with Crippen LogP contribution in [-0.4, -0.2) is 44.1 Å². The van der Waals surface area contributed by atoms with Crippen LogP contribution in [0.4, 0.5) is 10.7 Å². The Kier molecular flexibility index (Phi) is 5.39. The zero-order chi connectivity index (χ0) is 20.4. The maximum Gasteiger partial charge on any atom is 0.341 e. The lowest BCUT2D eigenvalue weighted by atomic mass is 10.1. The number of nitrogens with one attached hydrogen (secondary N) is 1. The Bertz CT molecular complexity index is 956. The van der Waals surface area contributed by atoms with Crippen molar-refractivity contribution >= 4 is 39.8 Å². The van der Waals surface area contributed by atoms with Gasteiger partial charge in [-0.05, 0) is 30.5 Å². The SMILES string of the molecule is CCOC(=O)c1ccsc1NC(=O)C1CC(=O)N(c2ccc3c(c2)OCCO3)C1. The first-order valence-electron chi connectivity index (χ1n) is 9.32. The molecule has 29 heavy (non-hydrogen) atoms. The van der Waals surface area contributed by atoms with Crippen LogP contribution >= 0.6 is 11.3 Å². The molecule has 2 aliphatic rings. The average molecular weight is 416 g/mol. The minimum absolute atomic E-state index is 0.0976. The van der Waals surface area contributed by atoms with Crippen molar-refractivity contribution in [3.8, 4) is 11.5 Å². The molecule has 2 aromatic rings. The maximum absolute atomic E-state index is 12.7. The van der Waals surface area contributed by atoms with Crippen molar-refractivity contribution in [3.05, 3.63) is 35.2 Å². The minimum Gasteiger partial charge on any atom is -0.486 e. The number of carbonyl (C=O) groups is 3. The van der Waals surface area contributed by atoms with Gasteiger partial charge in [-0.15, -0.1) is 11.3 Å². The first-order valence-corrected chi connectivity index (χ1v) is 10.2. The molecule has 152 valence electrons. The van der Waals surface area contributed by atoms with Gasteiger partial charge >= 0.3 is 5.97 Å². The van der Waals surface area contributed by atoms with E-state index in [4.69, 9.17) is 14.2 Å². The third-order valence-corrected chi connectivity index (χ3v) is 5.56. The van der Waals surface area contributed by atoms with Crippen molar-refractivity contribution in [2.45, 2.75) is 13.3 Å². The van der Waals surface area contributed by atoms with Gasteiger partial charge < -0.3 is 24.4 Å². The van der Waals surface area contributed by atoms with E-state index < -0.39 is 11.9 Å². The number of benzene rings is 1. The number of anilines is 2. The molecule has 8 nitrogen and oxygen atoms in total. The summed E-state index contributed by atoms with van der Waals surface area (Å²) < 4.78 is 16.1. The van der Waals surface area contributed by atoms with Gasteiger partial charge in [0.15, 0.2) is 11.5 Å². The molecule has 0 aliphatic carbocycles. The van der Waals surface area contributed by atoms with Crippen LogP contribution in [0.2, 0.25) is 0 Å². The second kappa shape index (κ2) is 8.12. The number of nitrogens with zero attached hydrogens (tertiary/aromatic N) is 1. The number of esters is 1. The monoisotopic (exact) mass is 416 g/mol. The number of carbonyl (C=O) groups excluding carboxylic acids is 3. The Labute approximate surface area is 171 Å². The molecule has 0 spiro atoms. The summed E-state index contributed by atoms with van der Waals surface area (Å²) >= 11 is 1.24. The summed E-state index contributed by atoms with van der Waals surface area (Å²) in [4.78, 5) is 38.8. The standard InChI is InChI=1S/C20H20N2O6S/c1-2-26-20(25)14-5-8-29-19(14)21-18(24)12-9-17(23)22(11-12)13-3-4-15-16(10-13)28-7-6-27-15/h3-5,8,10,12H,2,6-7,9,11H2,1H3,(H,21,24). The molecule has 2 amide bonds. The topological polar surface area (TPSA) is 94.2 Å². The van der Waals surface area contributed by atoms with Gasteiger partial charge in [0, 0.05) is 24.7 Å². The third kappa shape index (κ3) is 3.91. The Morgan fingerprint density at radius 2 is 2.03 bits per heavy atom. The molecule has 1 N–H and O–H groups in total. The van der Waals surface area contributed by atoms with E-state index in [0.717, 1.165) is 0 Å². The molecular weight excluding hydrogens is 396 g/mol. The summed E-state index contributed by atoms with van der Waals surface area (Å²) in [7, 11) is 0. The largest absolute Gasteiger partial charge is 0.486 e. The first-order chi connectivity index (χ1) is 14.1. The van der Waals surface area contributed by atoms with Gasteiger partial charge in [-0.2, -0.15) is 0 Å². The van der Waals surface area contributed by atoms with E-state index in [1.54, 1.807) is 41.5 Å². The van der Waals surface area contributed by atoms with Crippen molar-refractivity contribution in [2.24, 2.45) is 5.92 Å². The highest BCUT2D eigenvalue weighted by atomic mass is 32.1. The number of hydrogen-bond donors (Lipinski definition) is 1. The van der Waals surface area contributed by atoms with Gasteiger partial charge in [0.1, 0.15) is 18.2 Å². The fraction of sp³-hybridized carbons (Fsp3) is 0.350. The molecule has 1 unspecified atom stereocenters. The van der Waals surface area contributed by atoms with E-state index in [0.29, 0.717) is 41.0 Å². The van der Waals surface area contributed by atoms with Crippen molar-refractivity contribution in [2.75, 3.05) is 36.6 Å². The van der Waals surface area contributed by atoms with E-state index in [-0.39, 0.29) is 31.4 Å². The summed E-state index contributed by atoms with van der Waals surface area (Å²) in [5, 5.41) is 4.91. The Morgan fingerprint density at radius 3 is 2.83 bits per heavy atom. The maximum atomic E-state index is 12.7. The number of amides is 2. The molecule has 1 aromatic heterocycles. The zero-order valence-corrected chi connectivity index (χ0v) is 16.6. The normalized spacial score (nSPS) is 17.9. The number of hydrogen-bond acceptors (Lipinski definition) is 7. The van der Waals surface area contributed by atoms with Crippen LogP contribution in [0.1, 0.15) is 23.7 Å². The lowest BCUT2D eigenvalue weighted by Gasteiger charge is -2.22. The summed E-state index contributed by atoms with van der Waals surface area (Å²) in [5.74, 6) is -0.209. The first kappa shape index (κ1) is 19.3. The molecule has 1 aromatic carbocycles. The number of rotatable bonds is 5. The van der Waals surface area contributed by atoms with Crippen LogP contribution in [0.5, 0.6) is 11.5 Å². The number of fused-ring (bicyclic) bond motifs is 1. The average Bonchev–Trinajstić information content (AvgIpc) is 3.34. The Hall–Kier alpha value is -3.07. The molecular formula is C20H20N2O6S. The van der Waals surface area contributed by atoms with Crippen LogP contribution in [0.15, 0.2) is 29.6 Å². The van der Waals surface area contributed by atoms with Gasteiger partial charge in [0.25, 0.3) is 0 Å². The third-order valence-electron chi connectivity index (χ3n) is 4.73. The van der Waals surface area contributed by atoms with E-state index in [1.807, 2.05) is 0 Å². The van der Waals surface area contributed by atoms with E-state index in [1.165, 1.54) is 11.3 Å². The van der Waals surface area contributed by atoms with Crippen LogP contribution in [0.3, 0.4) is 0 Å². The van der Waals surface area contributed by atoms with Crippen LogP contribution < -0.4 is 19.7 Å². The summed E-state index contributed by atoms with van der Waals surface area (Å²) in [5.41, 5.74) is 0.983. The molecule has 9 heteroatoms. The van der Waals surface area contributed by atoms with Crippen molar-refractivity contribution in [1.29, 1.82) is 0 Å². The summed E-state index contributed by atoms with van der Waals surface area (Å²) in [6.45, 7) is 3.18. The molecule has 4 rings (SSSR count). The molecule has 1 fully saturated rings. The van der Waals surface area contributed by atoms with Gasteiger partial charge in [0.2, 0.25) is 11.8 Å². The van der Waals surface area contributed by atoms with E-state index in [9.17, 15) is 14.4 Å². The van der Waals surface area contributed by atoms with E-state index in [2.05, 4.69) is 5.32 Å².